The van der Waals surface area contributed by atoms with E-state index < -0.39 is 0 Å². The molecule has 2 aromatic carbocycles. The summed E-state index contributed by atoms with van der Waals surface area (Å²) < 4.78 is 13.9. The molecule has 0 spiro atoms. The van der Waals surface area contributed by atoms with Gasteiger partial charge >= 0.3 is 0 Å². The van der Waals surface area contributed by atoms with Gasteiger partial charge in [-0.15, -0.1) is 0 Å². The van der Waals surface area contributed by atoms with E-state index in [1.807, 2.05) is 30.5 Å². The number of carbonyl (C=O) groups excluding carboxylic acids is 1. The molecule has 1 N–H and O–H groups in total. The molecule has 2 aromatic heterocycles. The lowest BCUT2D eigenvalue weighted by atomic mass is 9.75. The second kappa shape index (κ2) is 10.2. The highest BCUT2D eigenvalue weighted by atomic mass is 19.1. The molecular weight excluding hydrogens is 453 g/mol. The van der Waals surface area contributed by atoms with Crippen LogP contribution in [0.15, 0.2) is 67.1 Å². The van der Waals surface area contributed by atoms with Crippen molar-refractivity contribution in [1.29, 1.82) is 5.26 Å². The monoisotopic (exact) mass is 479 g/mol. The number of benzene rings is 2. The summed E-state index contributed by atoms with van der Waals surface area (Å²) >= 11 is 0. The molecule has 0 radical (unpaired) electrons. The smallest absolute Gasteiger partial charge is 0.251 e. The van der Waals surface area contributed by atoms with E-state index in [0.717, 1.165) is 47.7 Å². The van der Waals surface area contributed by atoms with Gasteiger partial charge in [0.1, 0.15) is 11.9 Å². The Hall–Kier alpha value is -4.18. The van der Waals surface area contributed by atoms with Gasteiger partial charge in [-0.3, -0.25) is 9.78 Å². The molecule has 0 bridgehead atoms. The molecule has 0 saturated heterocycles. The predicted molar refractivity (Wildman–Crippen MR) is 136 cm³/mol. The lowest BCUT2D eigenvalue weighted by Gasteiger charge is -2.33. The number of fused-ring (bicyclic) bond motifs is 1. The molecule has 0 unspecified atom stereocenters. The fraction of sp³-hybridized carbons (Fsp3) is 0.276. The topological polar surface area (TPSA) is 91.6 Å². The quantitative estimate of drug-likeness (QED) is 0.391. The molecule has 1 fully saturated rings. The normalized spacial score (nSPS) is 18.4. The molecule has 1 aliphatic rings. The molecule has 7 heteroatoms. The number of pyridine rings is 1. The first kappa shape index (κ1) is 23.6. The van der Waals surface area contributed by atoms with Crippen LogP contribution in [-0.4, -0.2) is 26.9 Å². The molecule has 4 aromatic rings. The Balaban J connectivity index is 1.19. The summed E-state index contributed by atoms with van der Waals surface area (Å²) in [4.78, 5) is 25.2. The first-order chi connectivity index (χ1) is 17.5. The third-order valence-electron chi connectivity index (χ3n) is 7.25. The molecule has 1 amide bonds. The van der Waals surface area contributed by atoms with Crippen LogP contribution in [0.5, 0.6) is 0 Å². The average molecular weight is 480 g/mol. The number of carbonyl (C=O) groups is 1. The highest BCUT2D eigenvalue weighted by Crippen LogP contribution is 2.39. The van der Waals surface area contributed by atoms with Crippen LogP contribution in [0.25, 0.3) is 22.0 Å². The van der Waals surface area contributed by atoms with E-state index in [-0.39, 0.29) is 23.6 Å². The fourth-order valence-corrected chi connectivity index (χ4v) is 5.18. The zero-order valence-electron chi connectivity index (χ0n) is 20.0. The van der Waals surface area contributed by atoms with Crippen LogP contribution in [0, 0.1) is 23.1 Å². The Labute approximate surface area is 209 Å². The largest absolute Gasteiger partial charge is 0.349 e. The van der Waals surface area contributed by atoms with Crippen LogP contribution in [0.4, 0.5) is 4.39 Å². The van der Waals surface area contributed by atoms with Gasteiger partial charge in [0, 0.05) is 41.1 Å². The second-order valence-corrected chi connectivity index (χ2v) is 9.42. The van der Waals surface area contributed by atoms with Crippen LogP contribution in [0.1, 0.15) is 60.3 Å². The van der Waals surface area contributed by atoms with Gasteiger partial charge < -0.3 is 5.32 Å². The van der Waals surface area contributed by atoms with Gasteiger partial charge in [-0.25, -0.2) is 14.4 Å². The molecule has 1 saturated carbocycles. The van der Waals surface area contributed by atoms with Crippen molar-refractivity contribution in [3.05, 3.63) is 89.9 Å². The summed E-state index contributed by atoms with van der Waals surface area (Å²) in [6.45, 7) is 2.07. The Bertz CT molecular complexity index is 1420. The molecule has 36 heavy (non-hydrogen) atoms. The number of nitrogens with zero attached hydrogens (tertiary/aromatic N) is 4. The van der Waals surface area contributed by atoms with Crippen LogP contribution in [0.2, 0.25) is 0 Å². The third-order valence-corrected chi connectivity index (χ3v) is 7.25. The Morgan fingerprint density at radius 1 is 1.00 bits per heavy atom. The van der Waals surface area contributed by atoms with E-state index in [1.54, 1.807) is 36.7 Å². The van der Waals surface area contributed by atoms with Crippen molar-refractivity contribution < 1.29 is 9.18 Å². The van der Waals surface area contributed by atoms with E-state index >= 15 is 0 Å². The lowest BCUT2D eigenvalue weighted by Crippen LogP contribution is -2.39. The molecule has 1 aliphatic carbocycles. The zero-order valence-corrected chi connectivity index (χ0v) is 20.0. The number of nitriles is 1. The van der Waals surface area contributed by atoms with Crippen LogP contribution >= 0.6 is 0 Å². The van der Waals surface area contributed by atoms with E-state index in [1.165, 1.54) is 11.6 Å². The minimum atomic E-state index is -0.236. The number of rotatable bonds is 5. The van der Waals surface area contributed by atoms with E-state index in [2.05, 4.69) is 27.2 Å². The molecule has 5 rings (SSSR count). The Morgan fingerprint density at radius 2 is 1.72 bits per heavy atom. The molecule has 6 nitrogen and oxygen atoms in total. The van der Waals surface area contributed by atoms with E-state index in [4.69, 9.17) is 5.26 Å². The predicted octanol–water partition coefficient (Wildman–Crippen LogP) is 5.79. The van der Waals surface area contributed by atoms with Crippen molar-refractivity contribution in [3.63, 3.8) is 0 Å². The molecule has 1 atom stereocenters. The summed E-state index contributed by atoms with van der Waals surface area (Å²) in [6, 6.07) is 16.1. The number of nitrogens with one attached hydrogen (secondary N) is 1. The maximum absolute atomic E-state index is 13.9. The van der Waals surface area contributed by atoms with E-state index in [0.29, 0.717) is 17.4 Å². The maximum atomic E-state index is 13.9. The maximum Gasteiger partial charge on any atom is 0.251 e. The second-order valence-electron chi connectivity index (χ2n) is 9.42. The SMILES string of the molecule is C[C@@H](NC(=O)c1ccc(-c2cnc(C#N)nc2)cc1)[C@H]1CC[C@H](c2ccnc3ccc(F)cc32)CC1. The van der Waals surface area contributed by atoms with Crippen molar-refractivity contribution in [3.8, 4) is 17.2 Å². The molecular formula is C29H26FN5O. The minimum absolute atomic E-state index is 0.0525. The molecule has 2 heterocycles. The number of hydrogen-bond donors (Lipinski definition) is 1. The summed E-state index contributed by atoms with van der Waals surface area (Å²) in [6.07, 6.45) is 9.02. The van der Waals surface area contributed by atoms with Gasteiger partial charge in [0.2, 0.25) is 5.82 Å². The first-order valence-corrected chi connectivity index (χ1v) is 12.2. The Morgan fingerprint density at radius 3 is 2.42 bits per heavy atom. The molecule has 0 aliphatic heterocycles. The van der Waals surface area contributed by atoms with Gasteiger partial charge in [-0.2, -0.15) is 5.26 Å². The van der Waals surface area contributed by atoms with Gasteiger partial charge in [0.25, 0.3) is 5.91 Å². The zero-order chi connectivity index (χ0) is 25.1. The van der Waals surface area contributed by atoms with Crippen molar-refractivity contribution in [2.75, 3.05) is 0 Å². The van der Waals surface area contributed by atoms with Gasteiger partial charge in [0.15, 0.2) is 0 Å². The summed E-state index contributed by atoms with van der Waals surface area (Å²) in [5.41, 5.74) is 4.26. The lowest BCUT2D eigenvalue weighted by molar-refractivity contribution is 0.0918. The van der Waals surface area contributed by atoms with Crippen molar-refractivity contribution in [2.45, 2.75) is 44.6 Å². The van der Waals surface area contributed by atoms with Crippen LogP contribution in [-0.2, 0) is 0 Å². The van der Waals surface area contributed by atoms with Gasteiger partial charge in [-0.1, -0.05) is 12.1 Å². The standard InChI is InChI=1S/C29H26FN5O/c1-18(35-29(36)22-8-4-20(5-9-22)23-16-33-28(15-31)34-17-23)19-2-6-21(7-3-19)25-12-13-32-27-11-10-24(30)14-26(25)27/h4-5,8-14,16-19,21H,2-3,6-7H2,1H3,(H,35,36)/t18-,19-,21-/m1/s1. The third kappa shape index (κ3) is 4.94. The van der Waals surface area contributed by atoms with Crippen LogP contribution < -0.4 is 5.32 Å². The number of halogens is 1. The van der Waals surface area contributed by atoms with Crippen LogP contribution in [0.3, 0.4) is 0 Å². The van der Waals surface area contributed by atoms with E-state index in [9.17, 15) is 9.18 Å². The van der Waals surface area contributed by atoms with Crippen molar-refractivity contribution in [1.82, 2.24) is 20.3 Å². The summed E-state index contributed by atoms with van der Waals surface area (Å²) in [5.74, 6) is 0.559. The molecule has 180 valence electrons. The highest BCUT2D eigenvalue weighted by molar-refractivity contribution is 5.94. The fourth-order valence-electron chi connectivity index (χ4n) is 5.18. The number of amides is 1. The Kier molecular flexibility index (Phi) is 6.68. The summed E-state index contributed by atoms with van der Waals surface area (Å²) in [5, 5.41) is 12.9. The van der Waals surface area contributed by atoms with Gasteiger partial charge in [0.05, 0.1) is 5.52 Å². The average Bonchev–Trinajstić information content (AvgIpc) is 2.93. The summed E-state index contributed by atoms with van der Waals surface area (Å²) in [7, 11) is 0. The van der Waals surface area contributed by atoms with Gasteiger partial charge in [-0.05, 0) is 92.0 Å². The first-order valence-electron chi connectivity index (χ1n) is 12.2. The van der Waals surface area contributed by atoms with Crippen molar-refractivity contribution >= 4 is 16.8 Å². The minimum Gasteiger partial charge on any atom is -0.349 e. The number of aromatic nitrogens is 3. The number of hydrogen-bond acceptors (Lipinski definition) is 5. The highest BCUT2D eigenvalue weighted by Gasteiger charge is 2.28. The van der Waals surface area contributed by atoms with Crippen molar-refractivity contribution in [2.24, 2.45) is 5.92 Å².